The predicted octanol–water partition coefficient (Wildman–Crippen LogP) is 3.40. The van der Waals surface area contributed by atoms with E-state index in [1.165, 1.54) is 5.56 Å². The van der Waals surface area contributed by atoms with Gasteiger partial charge in [-0.2, -0.15) is 0 Å². The SMILES string of the molecule is Cc1cc(O)c2c(c1)[C@@H](C)CC(C)(C)N2. The average Bonchev–Trinajstić information content (AvgIpc) is 2.06. The number of aromatic hydroxyl groups is 1. The first kappa shape index (κ1) is 10.3. The van der Waals surface area contributed by atoms with Gasteiger partial charge in [-0.25, -0.2) is 0 Å². The Hall–Kier alpha value is -1.18. The third-order valence-corrected chi connectivity index (χ3v) is 3.10. The van der Waals surface area contributed by atoms with Crippen LogP contribution in [0.3, 0.4) is 0 Å². The van der Waals surface area contributed by atoms with Crippen LogP contribution in [-0.2, 0) is 0 Å². The van der Waals surface area contributed by atoms with E-state index >= 15 is 0 Å². The lowest BCUT2D eigenvalue weighted by molar-refractivity contribution is 0.434. The summed E-state index contributed by atoms with van der Waals surface area (Å²) in [5, 5.41) is 13.3. The number of nitrogens with one attached hydrogen (secondary N) is 1. The second-order valence-electron chi connectivity index (χ2n) is 5.36. The largest absolute Gasteiger partial charge is 0.506 e. The number of hydrogen-bond acceptors (Lipinski definition) is 2. The van der Waals surface area contributed by atoms with Gasteiger partial charge in [0, 0.05) is 5.54 Å². The van der Waals surface area contributed by atoms with Crippen molar-refractivity contribution in [3.05, 3.63) is 23.3 Å². The van der Waals surface area contributed by atoms with E-state index in [1.807, 2.05) is 13.0 Å². The first-order chi connectivity index (χ1) is 6.89. The summed E-state index contributed by atoms with van der Waals surface area (Å²) in [5.74, 6) is 0.881. The molecule has 0 saturated heterocycles. The lowest BCUT2D eigenvalue weighted by Crippen LogP contribution is -2.36. The van der Waals surface area contributed by atoms with Crippen molar-refractivity contribution in [3.63, 3.8) is 0 Å². The summed E-state index contributed by atoms with van der Waals surface area (Å²) >= 11 is 0. The second-order valence-corrected chi connectivity index (χ2v) is 5.36. The average molecular weight is 205 g/mol. The van der Waals surface area contributed by atoms with Gasteiger partial charge in [-0.15, -0.1) is 0 Å². The number of phenolic OH excluding ortho intramolecular Hbond substituents is 1. The molecule has 2 nitrogen and oxygen atoms in total. The van der Waals surface area contributed by atoms with Crippen molar-refractivity contribution in [3.8, 4) is 5.75 Å². The Labute approximate surface area is 91.3 Å². The summed E-state index contributed by atoms with van der Waals surface area (Å²) in [7, 11) is 0. The first-order valence-electron chi connectivity index (χ1n) is 5.51. The van der Waals surface area contributed by atoms with Crippen LogP contribution in [0.1, 0.15) is 44.2 Å². The molecule has 1 heterocycles. The molecule has 15 heavy (non-hydrogen) atoms. The summed E-state index contributed by atoms with van der Waals surface area (Å²) in [6.07, 6.45) is 1.10. The minimum atomic E-state index is 0.0686. The molecule has 0 radical (unpaired) electrons. The Balaban J connectivity index is 2.55. The third-order valence-electron chi connectivity index (χ3n) is 3.10. The fourth-order valence-corrected chi connectivity index (χ4v) is 2.58. The maximum absolute atomic E-state index is 9.92. The highest BCUT2D eigenvalue weighted by molar-refractivity contribution is 5.66. The highest BCUT2D eigenvalue weighted by Gasteiger charge is 2.30. The summed E-state index contributed by atoms with van der Waals surface area (Å²) < 4.78 is 0. The number of fused-ring (bicyclic) bond motifs is 1. The van der Waals surface area contributed by atoms with E-state index in [0.717, 1.165) is 17.7 Å². The van der Waals surface area contributed by atoms with Gasteiger partial charge < -0.3 is 10.4 Å². The van der Waals surface area contributed by atoms with Gasteiger partial charge in [-0.3, -0.25) is 0 Å². The zero-order valence-electron chi connectivity index (χ0n) is 9.89. The highest BCUT2D eigenvalue weighted by Crippen LogP contribution is 2.43. The Bertz CT molecular complexity index is 396. The topological polar surface area (TPSA) is 32.3 Å². The van der Waals surface area contributed by atoms with Gasteiger partial charge in [0.05, 0.1) is 5.69 Å². The number of anilines is 1. The van der Waals surface area contributed by atoms with E-state index in [4.69, 9.17) is 0 Å². The van der Waals surface area contributed by atoms with Gasteiger partial charge in [0.25, 0.3) is 0 Å². The standard InChI is InChI=1S/C13H19NO/c1-8-5-10-9(2)7-13(3,4)14-12(10)11(15)6-8/h5-6,9,14-15H,7H2,1-4H3/t9-/m0/s1. The normalized spacial score (nSPS) is 23.1. The van der Waals surface area contributed by atoms with Gasteiger partial charge >= 0.3 is 0 Å². The van der Waals surface area contributed by atoms with E-state index in [1.54, 1.807) is 0 Å². The van der Waals surface area contributed by atoms with Crippen molar-refractivity contribution in [2.24, 2.45) is 0 Å². The molecule has 0 aliphatic carbocycles. The van der Waals surface area contributed by atoms with Gasteiger partial charge in [0.2, 0.25) is 0 Å². The molecule has 1 atom stereocenters. The third kappa shape index (κ3) is 1.81. The minimum absolute atomic E-state index is 0.0686. The molecule has 2 rings (SSSR count). The van der Waals surface area contributed by atoms with Crippen LogP contribution in [0.5, 0.6) is 5.75 Å². The van der Waals surface area contributed by atoms with Crippen LogP contribution >= 0.6 is 0 Å². The van der Waals surface area contributed by atoms with Crippen LogP contribution in [0.15, 0.2) is 12.1 Å². The van der Waals surface area contributed by atoms with Crippen LogP contribution in [0, 0.1) is 6.92 Å². The number of aryl methyl sites for hydroxylation is 1. The molecule has 2 N–H and O–H groups in total. The maximum atomic E-state index is 9.92. The van der Waals surface area contributed by atoms with E-state index in [-0.39, 0.29) is 5.54 Å². The molecule has 0 spiro atoms. The maximum Gasteiger partial charge on any atom is 0.139 e. The molecule has 1 aliphatic heterocycles. The molecule has 0 unspecified atom stereocenters. The second kappa shape index (κ2) is 3.16. The van der Waals surface area contributed by atoms with Crippen LogP contribution in [0.2, 0.25) is 0 Å². The molecule has 1 aromatic rings. The van der Waals surface area contributed by atoms with Crippen molar-refractivity contribution in [1.29, 1.82) is 0 Å². The molecule has 0 amide bonds. The highest BCUT2D eigenvalue weighted by atomic mass is 16.3. The first-order valence-corrected chi connectivity index (χ1v) is 5.51. The summed E-state index contributed by atoms with van der Waals surface area (Å²) in [5.41, 5.74) is 3.36. The predicted molar refractivity (Wildman–Crippen MR) is 63.6 cm³/mol. The zero-order valence-corrected chi connectivity index (χ0v) is 9.89. The van der Waals surface area contributed by atoms with E-state index in [2.05, 4.69) is 32.2 Å². The lowest BCUT2D eigenvalue weighted by atomic mass is 9.81. The number of hydrogen-bond donors (Lipinski definition) is 2. The molecule has 0 saturated carbocycles. The van der Waals surface area contributed by atoms with Crippen molar-refractivity contribution < 1.29 is 5.11 Å². The number of phenols is 1. The molecule has 1 aromatic carbocycles. The molecular weight excluding hydrogens is 186 g/mol. The quantitative estimate of drug-likeness (QED) is 0.636. The summed E-state index contributed by atoms with van der Waals surface area (Å²) in [6, 6.07) is 3.99. The Morgan fingerprint density at radius 1 is 1.40 bits per heavy atom. The van der Waals surface area contributed by atoms with Crippen molar-refractivity contribution >= 4 is 5.69 Å². The van der Waals surface area contributed by atoms with Gasteiger partial charge in [-0.1, -0.05) is 13.0 Å². The van der Waals surface area contributed by atoms with Crippen LogP contribution < -0.4 is 5.32 Å². The van der Waals surface area contributed by atoms with Crippen LogP contribution in [0.4, 0.5) is 5.69 Å². The Kier molecular flexibility index (Phi) is 2.18. The van der Waals surface area contributed by atoms with Crippen LogP contribution in [0.25, 0.3) is 0 Å². The lowest BCUT2D eigenvalue weighted by Gasteiger charge is -2.38. The monoisotopic (exact) mass is 205 g/mol. The zero-order chi connectivity index (χ0) is 11.2. The summed E-state index contributed by atoms with van der Waals surface area (Å²) in [6.45, 7) is 8.59. The molecule has 0 aromatic heterocycles. The fourth-order valence-electron chi connectivity index (χ4n) is 2.58. The van der Waals surface area contributed by atoms with Crippen molar-refractivity contribution in [1.82, 2.24) is 0 Å². The Morgan fingerprint density at radius 3 is 2.73 bits per heavy atom. The van der Waals surface area contributed by atoms with Crippen molar-refractivity contribution in [2.75, 3.05) is 5.32 Å². The fraction of sp³-hybridized carbons (Fsp3) is 0.538. The summed E-state index contributed by atoms with van der Waals surface area (Å²) in [4.78, 5) is 0. The minimum Gasteiger partial charge on any atom is -0.506 e. The van der Waals surface area contributed by atoms with Crippen molar-refractivity contribution in [2.45, 2.75) is 45.6 Å². The molecular formula is C13H19NO. The molecule has 82 valence electrons. The van der Waals surface area contributed by atoms with Gasteiger partial charge in [0.1, 0.15) is 5.75 Å². The van der Waals surface area contributed by atoms with E-state index < -0.39 is 0 Å². The molecule has 2 heteroatoms. The molecule has 0 bridgehead atoms. The molecule has 1 aliphatic rings. The van der Waals surface area contributed by atoms with E-state index in [0.29, 0.717) is 11.7 Å². The van der Waals surface area contributed by atoms with Crippen LogP contribution in [-0.4, -0.2) is 10.6 Å². The number of rotatable bonds is 0. The van der Waals surface area contributed by atoms with Gasteiger partial charge in [-0.05, 0) is 50.3 Å². The Morgan fingerprint density at radius 2 is 2.07 bits per heavy atom. The smallest absolute Gasteiger partial charge is 0.139 e. The molecule has 0 fully saturated rings. The van der Waals surface area contributed by atoms with E-state index in [9.17, 15) is 5.11 Å². The number of benzene rings is 1. The van der Waals surface area contributed by atoms with Gasteiger partial charge in [0.15, 0.2) is 0 Å².